The van der Waals surface area contributed by atoms with Crippen LogP contribution in [0, 0.1) is 0 Å². The van der Waals surface area contributed by atoms with Gasteiger partial charge in [0.05, 0.1) is 12.2 Å². The molecule has 1 heterocycles. The predicted molar refractivity (Wildman–Crippen MR) is 64.7 cm³/mol. The first-order valence-electron chi connectivity index (χ1n) is 4.72. The topological polar surface area (TPSA) is 29.9 Å². The van der Waals surface area contributed by atoms with Crippen molar-refractivity contribution in [2.75, 3.05) is 5.32 Å². The summed E-state index contributed by atoms with van der Waals surface area (Å²) in [6, 6.07) is 10.1. The lowest BCUT2D eigenvalue weighted by Gasteiger charge is -2.04. The molecule has 1 aromatic carbocycles. The first kappa shape index (κ1) is 10.2. The number of hydrogen-bond acceptors (Lipinski definition) is 2. The molecule has 2 rings (SSSR count). The van der Waals surface area contributed by atoms with E-state index in [0.29, 0.717) is 0 Å². The molecular formula is C11H12BrN3. The van der Waals surface area contributed by atoms with E-state index in [1.807, 2.05) is 43.6 Å². The third kappa shape index (κ3) is 2.83. The average molecular weight is 266 g/mol. The quantitative estimate of drug-likeness (QED) is 0.925. The molecule has 0 bridgehead atoms. The number of halogens is 1. The highest BCUT2D eigenvalue weighted by atomic mass is 79.9. The van der Waals surface area contributed by atoms with E-state index < -0.39 is 0 Å². The van der Waals surface area contributed by atoms with Crippen LogP contribution in [0.15, 0.2) is 41.0 Å². The van der Waals surface area contributed by atoms with Crippen LogP contribution in [0.5, 0.6) is 0 Å². The van der Waals surface area contributed by atoms with E-state index in [1.165, 1.54) is 0 Å². The molecule has 0 spiro atoms. The van der Waals surface area contributed by atoms with Gasteiger partial charge in [0, 0.05) is 23.4 Å². The summed E-state index contributed by atoms with van der Waals surface area (Å²) in [5, 5.41) is 7.60. The van der Waals surface area contributed by atoms with Gasteiger partial charge in [0.15, 0.2) is 0 Å². The number of nitrogens with one attached hydrogen (secondary N) is 1. The Balaban J connectivity index is 1.99. The van der Waals surface area contributed by atoms with Gasteiger partial charge in [0.25, 0.3) is 0 Å². The Morgan fingerprint density at radius 1 is 1.40 bits per heavy atom. The molecule has 0 atom stereocenters. The van der Waals surface area contributed by atoms with Crippen LogP contribution in [0.4, 0.5) is 5.69 Å². The van der Waals surface area contributed by atoms with Crippen molar-refractivity contribution in [1.82, 2.24) is 9.78 Å². The van der Waals surface area contributed by atoms with E-state index in [9.17, 15) is 0 Å². The molecule has 4 heteroatoms. The van der Waals surface area contributed by atoms with Crippen LogP contribution in [0.25, 0.3) is 0 Å². The zero-order valence-corrected chi connectivity index (χ0v) is 10.0. The standard InChI is InChI=1S/C11H12BrN3/c1-15-6-5-11(14-15)8-13-10-4-2-3-9(12)7-10/h2-7,13H,8H2,1H3. The van der Waals surface area contributed by atoms with E-state index in [1.54, 1.807) is 4.68 Å². The van der Waals surface area contributed by atoms with Crippen molar-refractivity contribution in [1.29, 1.82) is 0 Å². The Hall–Kier alpha value is -1.29. The summed E-state index contributed by atoms with van der Waals surface area (Å²) in [6.07, 6.45) is 1.94. The Morgan fingerprint density at radius 3 is 2.93 bits per heavy atom. The molecule has 0 aliphatic heterocycles. The maximum Gasteiger partial charge on any atom is 0.0815 e. The lowest BCUT2D eigenvalue weighted by atomic mass is 10.3. The summed E-state index contributed by atoms with van der Waals surface area (Å²) in [5.41, 5.74) is 2.13. The largest absolute Gasteiger partial charge is 0.379 e. The van der Waals surface area contributed by atoms with Crippen LogP contribution in [0.3, 0.4) is 0 Å². The van der Waals surface area contributed by atoms with Crippen molar-refractivity contribution < 1.29 is 0 Å². The van der Waals surface area contributed by atoms with Gasteiger partial charge < -0.3 is 5.32 Å². The normalized spacial score (nSPS) is 10.3. The SMILES string of the molecule is Cn1ccc(CNc2cccc(Br)c2)n1. The minimum Gasteiger partial charge on any atom is -0.379 e. The molecule has 3 nitrogen and oxygen atoms in total. The van der Waals surface area contributed by atoms with E-state index in [0.717, 1.165) is 22.4 Å². The first-order chi connectivity index (χ1) is 7.24. The molecule has 78 valence electrons. The monoisotopic (exact) mass is 265 g/mol. The number of aryl methyl sites for hydroxylation is 1. The molecule has 1 N–H and O–H groups in total. The van der Waals surface area contributed by atoms with Crippen LogP contribution in [0.2, 0.25) is 0 Å². The third-order valence-corrected chi connectivity index (χ3v) is 2.56. The number of aromatic nitrogens is 2. The molecular weight excluding hydrogens is 254 g/mol. The summed E-state index contributed by atoms with van der Waals surface area (Å²) in [6.45, 7) is 0.747. The average Bonchev–Trinajstić information content (AvgIpc) is 2.62. The maximum absolute atomic E-state index is 4.29. The summed E-state index contributed by atoms with van der Waals surface area (Å²) in [4.78, 5) is 0. The van der Waals surface area contributed by atoms with Crippen molar-refractivity contribution >= 4 is 21.6 Å². The highest BCUT2D eigenvalue weighted by Gasteiger charge is 1.97. The maximum atomic E-state index is 4.29. The molecule has 0 aliphatic carbocycles. The Kier molecular flexibility index (Phi) is 3.06. The number of hydrogen-bond donors (Lipinski definition) is 1. The Morgan fingerprint density at radius 2 is 2.27 bits per heavy atom. The van der Waals surface area contributed by atoms with Gasteiger partial charge in [0.1, 0.15) is 0 Å². The van der Waals surface area contributed by atoms with E-state index in [4.69, 9.17) is 0 Å². The molecule has 0 radical (unpaired) electrons. The Labute approximate surface area is 97.2 Å². The van der Waals surface area contributed by atoms with Crippen molar-refractivity contribution in [3.05, 3.63) is 46.7 Å². The summed E-state index contributed by atoms with van der Waals surface area (Å²) in [7, 11) is 1.92. The summed E-state index contributed by atoms with van der Waals surface area (Å²) >= 11 is 3.43. The van der Waals surface area contributed by atoms with Gasteiger partial charge in [-0.2, -0.15) is 5.10 Å². The van der Waals surface area contributed by atoms with E-state index >= 15 is 0 Å². The minimum absolute atomic E-state index is 0.747. The Bertz CT molecular complexity index is 451. The van der Waals surface area contributed by atoms with Gasteiger partial charge in [-0.05, 0) is 24.3 Å². The van der Waals surface area contributed by atoms with Crippen LogP contribution in [-0.4, -0.2) is 9.78 Å². The van der Waals surface area contributed by atoms with Gasteiger partial charge in [0.2, 0.25) is 0 Å². The highest BCUT2D eigenvalue weighted by molar-refractivity contribution is 9.10. The molecule has 0 aliphatic rings. The van der Waals surface area contributed by atoms with Crippen molar-refractivity contribution in [2.24, 2.45) is 7.05 Å². The molecule has 2 aromatic rings. The second-order valence-corrected chi connectivity index (χ2v) is 4.26. The second kappa shape index (κ2) is 4.49. The van der Waals surface area contributed by atoms with Crippen molar-refractivity contribution in [3.63, 3.8) is 0 Å². The summed E-state index contributed by atoms with van der Waals surface area (Å²) < 4.78 is 2.88. The number of anilines is 1. The summed E-state index contributed by atoms with van der Waals surface area (Å²) in [5.74, 6) is 0. The van der Waals surface area contributed by atoms with Crippen LogP contribution in [0.1, 0.15) is 5.69 Å². The number of rotatable bonds is 3. The van der Waals surface area contributed by atoms with Gasteiger partial charge in [-0.15, -0.1) is 0 Å². The van der Waals surface area contributed by atoms with Gasteiger partial charge >= 0.3 is 0 Å². The fraction of sp³-hybridized carbons (Fsp3) is 0.182. The molecule has 15 heavy (non-hydrogen) atoms. The molecule has 0 saturated carbocycles. The molecule has 0 amide bonds. The van der Waals surface area contributed by atoms with Crippen molar-refractivity contribution in [2.45, 2.75) is 6.54 Å². The predicted octanol–water partition coefficient (Wildman–Crippen LogP) is 2.79. The fourth-order valence-corrected chi connectivity index (χ4v) is 1.75. The second-order valence-electron chi connectivity index (χ2n) is 3.34. The lowest BCUT2D eigenvalue weighted by molar-refractivity contribution is 0.747. The molecule has 1 aromatic heterocycles. The van der Waals surface area contributed by atoms with Crippen LogP contribution < -0.4 is 5.32 Å². The number of nitrogens with zero attached hydrogens (tertiary/aromatic N) is 2. The third-order valence-electron chi connectivity index (χ3n) is 2.07. The number of benzene rings is 1. The fourth-order valence-electron chi connectivity index (χ4n) is 1.35. The first-order valence-corrected chi connectivity index (χ1v) is 5.51. The van der Waals surface area contributed by atoms with Crippen LogP contribution in [-0.2, 0) is 13.6 Å². The van der Waals surface area contributed by atoms with Crippen molar-refractivity contribution in [3.8, 4) is 0 Å². The van der Waals surface area contributed by atoms with Crippen LogP contribution >= 0.6 is 15.9 Å². The van der Waals surface area contributed by atoms with Gasteiger partial charge in [-0.25, -0.2) is 0 Å². The van der Waals surface area contributed by atoms with Gasteiger partial charge in [-0.3, -0.25) is 4.68 Å². The molecule has 0 fully saturated rings. The zero-order valence-electron chi connectivity index (χ0n) is 8.44. The minimum atomic E-state index is 0.747. The lowest BCUT2D eigenvalue weighted by Crippen LogP contribution is -2.00. The zero-order chi connectivity index (χ0) is 10.7. The van der Waals surface area contributed by atoms with E-state index in [-0.39, 0.29) is 0 Å². The van der Waals surface area contributed by atoms with E-state index in [2.05, 4.69) is 26.3 Å². The van der Waals surface area contributed by atoms with Gasteiger partial charge in [-0.1, -0.05) is 22.0 Å². The molecule has 0 unspecified atom stereocenters. The smallest absolute Gasteiger partial charge is 0.0815 e. The molecule has 0 saturated heterocycles. The highest BCUT2D eigenvalue weighted by Crippen LogP contribution is 2.16.